The molecular weight excluding hydrogens is 334 g/mol. The average Bonchev–Trinajstić information content (AvgIpc) is 2.53. The third kappa shape index (κ3) is 5.71. The minimum absolute atomic E-state index is 0.0495. The van der Waals surface area contributed by atoms with Crippen LogP contribution < -0.4 is 5.32 Å². The molecule has 2 aromatic carbocycles. The van der Waals surface area contributed by atoms with Crippen molar-refractivity contribution >= 4 is 15.7 Å². The van der Waals surface area contributed by atoms with E-state index in [-0.39, 0.29) is 22.3 Å². The second-order valence-electron chi connectivity index (χ2n) is 7.50. The molecule has 0 aliphatic rings. The Hall–Kier alpha value is -2.14. The zero-order valence-electron chi connectivity index (χ0n) is 15.1. The summed E-state index contributed by atoms with van der Waals surface area (Å²) in [5, 5.41) is 3.08. The molecule has 1 amide bonds. The van der Waals surface area contributed by atoms with Gasteiger partial charge in [0.15, 0.2) is 9.84 Å². The first kappa shape index (κ1) is 19.2. The minimum Gasteiger partial charge on any atom is -0.345 e. The second kappa shape index (κ2) is 7.40. The molecule has 0 aromatic heterocycles. The molecule has 134 valence electrons. The van der Waals surface area contributed by atoms with Gasteiger partial charge < -0.3 is 5.32 Å². The number of sulfone groups is 1. The molecular formula is C20H25NO3S. The Kier molecular flexibility index (Phi) is 5.68. The Morgan fingerprint density at radius 1 is 1.00 bits per heavy atom. The number of amides is 1. The lowest BCUT2D eigenvalue weighted by Crippen LogP contribution is -2.31. The van der Waals surface area contributed by atoms with Gasteiger partial charge >= 0.3 is 0 Å². The van der Waals surface area contributed by atoms with Gasteiger partial charge in [-0.05, 0) is 41.7 Å². The van der Waals surface area contributed by atoms with Gasteiger partial charge in [-0.15, -0.1) is 0 Å². The van der Waals surface area contributed by atoms with Gasteiger partial charge in [0, 0.05) is 11.8 Å². The first-order valence-corrected chi connectivity index (χ1v) is 10.1. The Labute approximate surface area is 150 Å². The molecule has 0 saturated heterocycles. The van der Waals surface area contributed by atoms with E-state index >= 15 is 0 Å². The van der Waals surface area contributed by atoms with E-state index in [4.69, 9.17) is 0 Å². The highest BCUT2D eigenvalue weighted by Crippen LogP contribution is 2.29. The number of rotatable bonds is 5. The Morgan fingerprint density at radius 3 is 2.04 bits per heavy atom. The summed E-state index contributed by atoms with van der Waals surface area (Å²) in [6.45, 7) is 6.40. The fraction of sp³-hybridized carbons (Fsp3) is 0.350. The summed E-state index contributed by atoms with van der Waals surface area (Å²) < 4.78 is 23.1. The van der Waals surface area contributed by atoms with Gasteiger partial charge in [-0.2, -0.15) is 0 Å². The van der Waals surface area contributed by atoms with Crippen LogP contribution in [0.25, 0.3) is 0 Å². The van der Waals surface area contributed by atoms with Crippen LogP contribution in [-0.2, 0) is 9.84 Å². The van der Waals surface area contributed by atoms with Crippen LogP contribution in [0.2, 0.25) is 0 Å². The van der Waals surface area contributed by atoms with Crippen LogP contribution in [-0.4, -0.2) is 20.6 Å². The lowest BCUT2D eigenvalue weighted by Gasteiger charge is -2.27. The van der Waals surface area contributed by atoms with Gasteiger partial charge in [0.25, 0.3) is 5.91 Å². The summed E-state index contributed by atoms with van der Waals surface area (Å²) in [6.07, 6.45) is 1.95. The van der Waals surface area contributed by atoms with Gasteiger partial charge in [0.1, 0.15) is 0 Å². The van der Waals surface area contributed by atoms with Crippen molar-refractivity contribution in [3.63, 3.8) is 0 Å². The molecule has 4 nitrogen and oxygen atoms in total. The third-order valence-electron chi connectivity index (χ3n) is 3.87. The maximum atomic E-state index is 12.6. The van der Waals surface area contributed by atoms with Crippen molar-refractivity contribution in [3.8, 4) is 0 Å². The Balaban J connectivity index is 2.22. The topological polar surface area (TPSA) is 63.2 Å². The highest BCUT2D eigenvalue weighted by atomic mass is 32.2. The van der Waals surface area contributed by atoms with E-state index in [1.807, 2.05) is 30.3 Å². The number of hydrogen-bond acceptors (Lipinski definition) is 3. The molecule has 1 atom stereocenters. The largest absolute Gasteiger partial charge is 0.345 e. The third-order valence-corrected chi connectivity index (χ3v) is 5.00. The van der Waals surface area contributed by atoms with Gasteiger partial charge in [0.05, 0.1) is 10.9 Å². The van der Waals surface area contributed by atoms with Crippen LogP contribution in [0.5, 0.6) is 0 Å². The van der Waals surface area contributed by atoms with Crippen molar-refractivity contribution in [2.24, 2.45) is 5.41 Å². The first-order valence-electron chi connectivity index (χ1n) is 8.22. The maximum Gasteiger partial charge on any atom is 0.251 e. The molecule has 0 aliphatic heterocycles. The SMILES string of the molecule is CC(C)(C)CC(NC(=O)c1ccc(S(C)(=O)=O)cc1)c1ccccc1. The number of benzene rings is 2. The van der Waals surface area contributed by atoms with E-state index in [9.17, 15) is 13.2 Å². The molecule has 0 saturated carbocycles. The fourth-order valence-electron chi connectivity index (χ4n) is 2.65. The summed E-state index contributed by atoms with van der Waals surface area (Å²) in [4.78, 5) is 12.8. The number of carbonyl (C=O) groups is 1. The van der Waals surface area contributed by atoms with Gasteiger partial charge in [-0.1, -0.05) is 51.1 Å². The summed E-state index contributed by atoms with van der Waals surface area (Å²) >= 11 is 0. The Morgan fingerprint density at radius 2 is 1.56 bits per heavy atom. The lowest BCUT2D eigenvalue weighted by molar-refractivity contribution is 0.0926. The van der Waals surface area contributed by atoms with E-state index in [1.165, 1.54) is 12.1 Å². The summed E-state index contributed by atoms with van der Waals surface area (Å²) in [7, 11) is -3.27. The molecule has 2 aromatic rings. The zero-order valence-corrected chi connectivity index (χ0v) is 15.9. The van der Waals surface area contributed by atoms with E-state index < -0.39 is 9.84 Å². The molecule has 0 heterocycles. The fourth-order valence-corrected chi connectivity index (χ4v) is 3.28. The van der Waals surface area contributed by atoms with Crippen molar-refractivity contribution in [3.05, 3.63) is 65.7 Å². The van der Waals surface area contributed by atoms with E-state index in [1.54, 1.807) is 12.1 Å². The maximum absolute atomic E-state index is 12.6. The van der Waals surface area contributed by atoms with Crippen molar-refractivity contribution in [1.82, 2.24) is 5.32 Å². The summed E-state index contributed by atoms with van der Waals surface area (Å²) in [5.41, 5.74) is 1.55. The smallest absolute Gasteiger partial charge is 0.251 e. The van der Waals surface area contributed by atoms with Gasteiger partial charge in [0.2, 0.25) is 0 Å². The molecule has 1 unspecified atom stereocenters. The average molecular weight is 359 g/mol. The molecule has 1 N–H and O–H groups in total. The number of carbonyl (C=O) groups excluding carboxylic acids is 1. The molecule has 0 fully saturated rings. The van der Waals surface area contributed by atoms with Crippen molar-refractivity contribution in [1.29, 1.82) is 0 Å². The highest BCUT2D eigenvalue weighted by Gasteiger charge is 2.22. The van der Waals surface area contributed by atoms with Crippen molar-refractivity contribution < 1.29 is 13.2 Å². The van der Waals surface area contributed by atoms with Crippen LogP contribution in [0.4, 0.5) is 0 Å². The van der Waals surface area contributed by atoms with Crippen LogP contribution in [0.3, 0.4) is 0 Å². The van der Waals surface area contributed by atoms with E-state index in [0.717, 1.165) is 18.2 Å². The number of nitrogens with one attached hydrogen (secondary N) is 1. The van der Waals surface area contributed by atoms with Crippen molar-refractivity contribution in [2.75, 3.05) is 6.26 Å². The standard InChI is InChI=1S/C20H25NO3S/c1-20(2,3)14-18(15-8-6-5-7-9-15)21-19(22)16-10-12-17(13-11-16)25(4,23)24/h5-13,18H,14H2,1-4H3,(H,21,22). The second-order valence-corrected chi connectivity index (χ2v) is 9.51. The normalized spacial score (nSPS) is 13.3. The molecule has 0 spiro atoms. The molecule has 5 heteroatoms. The summed E-state index contributed by atoms with van der Waals surface area (Å²) in [6, 6.07) is 15.8. The van der Waals surface area contributed by atoms with E-state index in [2.05, 4.69) is 26.1 Å². The molecule has 0 radical (unpaired) electrons. The highest BCUT2D eigenvalue weighted by molar-refractivity contribution is 7.90. The quantitative estimate of drug-likeness (QED) is 0.878. The van der Waals surface area contributed by atoms with Crippen molar-refractivity contribution in [2.45, 2.75) is 38.1 Å². The predicted octanol–water partition coefficient (Wildman–Crippen LogP) is 4.00. The van der Waals surface area contributed by atoms with Crippen LogP contribution in [0.15, 0.2) is 59.5 Å². The molecule has 25 heavy (non-hydrogen) atoms. The van der Waals surface area contributed by atoms with Crippen LogP contribution in [0.1, 0.15) is 49.2 Å². The lowest BCUT2D eigenvalue weighted by atomic mass is 9.85. The first-order chi connectivity index (χ1) is 11.6. The minimum atomic E-state index is -3.27. The van der Waals surface area contributed by atoms with E-state index in [0.29, 0.717) is 5.56 Å². The molecule has 2 rings (SSSR count). The monoisotopic (exact) mass is 359 g/mol. The van der Waals surface area contributed by atoms with Crippen LogP contribution >= 0.6 is 0 Å². The van der Waals surface area contributed by atoms with Crippen LogP contribution in [0, 0.1) is 5.41 Å². The molecule has 0 aliphatic carbocycles. The summed E-state index contributed by atoms with van der Waals surface area (Å²) in [5.74, 6) is -0.210. The van der Waals surface area contributed by atoms with Gasteiger partial charge in [-0.25, -0.2) is 8.42 Å². The van der Waals surface area contributed by atoms with Gasteiger partial charge in [-0.3, -0.25) is 4.79 Å². The number of hydrogen-bond donors (Lipinski definition) is 1. The zero-order chi connectivity index (χ0) is 18.7. The predicted molar refractivity (Wildman–Crippen MR) is 100 cm³/mol. The Bertz CT molecular complexity index is 819. The molecule has 0 bridgehead atoms.